The molecule has 0 aliphatic rings. The molecule has 0 N–H and O–H groups in total. The van der Waals surface area contributed by atoms with Gasteiger partial charge in [0.25, 0.3) is 5.69 Å². The molecular weight excluding hydrogens is 288 g/mol. The summed E-state index contributed by atoms with van der Waals surface area (Å²) in [6, 6.07) is 12.8. The maximum Gasteiger partial charge on any atom is 0.270 e. The molecule has 2 aromatic rings. The van der Waals surface area contributed by atoms with E-state index in [0.717, 1.165) is 9.79 Å². The normalized spacial score (nSPS) is 10.8. The van der Waals surface area contributed by atoms with Crippen molar-refractivity contribution in [1.29, 1.82) is 0 Å². The molecule has 21 heavy (non-hydrogen) atoms. The average Bonchev–Trinajstić information content (AvgIpc) is 2.48. The van der Waals surface area contributed by atoms with Crippen molar-refractivity contribution in [2.45, 2.75) is 16.7 Å². The maximum absolute atomic E-state index is 10.9. The molecule has 0 amide bonds. The van der Waals surface area contributed by atoms with E-state index in [1.165, 1.54) is 42.8 Å². The fourth-order valence-electron chi connectivity index (χ4n) is 1.69. The zero-order valence-corrected chi connectivity index (χ0v) is 12.5. The van der Waals surface area contributed by atoms with Gasteiger partial charge in [0, 0.05) is 27.5 Å². The largest absolute Gasteiger partial charge is 0.399 e. The summed E-state index contributed by atoms with van der Waals surface area (Å²) in [6.07, 6.45) is 1.48. The Kier molecular flexibility index (Phi) is 4.94. The number of nitro groups is 1. The van der Waals surface area contributed by atoms with Crippen molar-refractivity contribution in [3.05, 3.63) is 63.7 Å². The van der Waals surface area contributed by atoms with Crippen LogP contribution in [0.2, 0.25) is 0 Å². The van der Waals surface area contributed by atoms with E-state index in [1.54, 1.807) is 6.07 Å². The van der Waals surface area contributed by atoms with Gasteiger partial charge in [0.15, 0.2) is 0 Å². The van der Waals surface area contributed by atoms with Crippen LogP contribution in [0.3, 0.4) is 0 Å². The Bertz CT molecular complexity index is 669. The molecule has 0 saturated carbocycles. The topological polar surface area (TPSA) is 64.7 Å². The molecule has 0 atom stereocenters. The Morgan fingerprint density at radius 2 is 1.95 bits per heavy atom. The standard InChI is InChI=1S/C15H14N2O3S/c1-11-3-6-14(7-4-11)21-15-8-5-13(17(18)19)9-12(15)10-16-20-2/h3-10H,1-2H3/b16-10+. The molecule has 0 aromatic heterocycles. The van der Waals surface area contributed by atoms with Crippen molar-refractivity contribution in [2.24, 2.45) is 5.16 Å². The van der Waals surface area contributed by atoms with Crippen LogP contribution in [0.5, 0.6) is 0 Å². The summed E-state index contributed by atoms with van der Waals surface area (Å²) in [4.78, 5) is 17.0. The van der Waals surface area contributed by atoms with Gasteiger partial charge in [0.05, 0.1) is 11.1 Å². The van der Waals surface area contributed by atoms with Crippen LogP contribution in [0.25, 0.3) is 0 Å². The number of non-ortho nitro benzene ring substituents is 1. The second kappa shape index (κ2) is 6.90. The number of rotatable bonds is 5. The first-order valence-corrected chi connectivity index (χ1v) is 7.01. The number of hydrogen-bond donors (Lipinski definition) is 0. The predicted molar refractivity (Wildman–Crippen MR) is 83.0 cm³/mol. The summed E-state index contributed by atoms with van der Waals surface area (Å²) in [5, 5.41) is 14.6. The van der Waals surface area contributed by atoms with Gasteiger partial charge >= 0.3 is 0 Å². The lowest BCUT2D eigenvalue weighted by Crippen LogP contribution is -1.93. The first kappa shape index (κ1) is 15.1. The van der Waals surface area contributed by atoms with Gasteiger partial charge in [-0.05, 0) is 25.1 Å². The highest BCUT2D eigenvalue weighted by Gasteiger charge is 2.11. The number of benzene rings is 2. The predicted octanol–water partition coefficient (Wildman–Crippen LogP) is 4.03. The molecule has 2 rings (SSSR count). The lowest BCUT2D eigenvalue weighted by atomic mass is 10.2. The van der Waals surface area contributed by atoms with E-state index in [-0.39, 0.29) is 5.69 Å². The molecule has 0 spiro atoms. The van der Waals surface area contributed by atoms with Gasteiger partial charge in [-0.2, -0.15) is 0 Å². The Hall–Kier alpha value is -2.34. The quantitative estimate of drug-likeness (QED) is 0.475. The van der Waals surface area contributed by atoms with Crippen molar-refractivity contribution >= 4 is 23.7 Å². The molecule has 0 bridgehead atoms. The summed E-state index contributed by atoms with van der Waals surface area (Å²) in [6.45, 7) is 2.02. The summed E-state index contributed by atoms with van der Waals surface area (Å²) < 4.78 is 0. The Balaban J connectivity index is 2.34. The molecular formula is C15H14N2O3S. The highest BCUT2D eigenvalue weighted by Crippen LogP contribution is 2.32. The minimum Gasteiger partial charge on any atom is -0.399 e. The molecule has 0 unspecified atom stereocenters. The van der Waals surface area contributed by atoms with Gasteiger partial charge in [-0.1, -0.05) is 34.6 Å². The zero-order valence-electron chi connectivity index (χ0n) is 11.6. The minimum absolute atomic E-state index is 0.0285. The monoisotopic (exact) mass is 302 g/mol. The van der Waals surface area contributed by atoms with Crippen LogP contribution in [0.4, 0.5) is 5.69 Å². The number of oxime groups is 1. The number of nitro benzene ring substituents is 1. The van der Waals surface area contributed by atoms with E-state index >= 15 is 0 Å². The van der Waals surface area contributed by atoms with E-state index in [9.17, 15) is 10.1 Å². The van der Waals surface area contributed by atoms with Crippen LogP contribution in [0.15, 0.2) is 57.4 Å². The van der Waals surface area contributed by atoms with Crippen molar-refractivity contribution < 1.29 is 9.76 Å². The second-order valence-corrected chi connectivity index (χ2v) is 5.43. The van der Waals surface area contributed by atoms with Crippen LogP contribution in [0.1, 0.15) is 11.1 Å². The highest BCUT2D eigenvalue weighted by atomic mass is 32.2. The summed E-state index contributed by atoms with van der Waals surface area (Å²) in [5.74, 6) is 0. The SMILES string of the molecule is CO/N=C/c1cc([N+](=O)[O-])ccc1Sc1ccc(C)cc1. The third-order valence-electron chi connectivity index (χ3n) is 2.75. The molecule has 0 fully saturated rings. The summed E-state index contributed by atoms with van der Waals surface area (Å²) in [5.41, 5.74) is 1.86. The molecule has 0 saturated heterocycles. The second-order valence-electron chi connectivity index (χ2n) is 4.31. The molecule has 0 aliphatic heterocycles. The van der Waals surface area contributed by atoms with Crippen LogP contribution in [-0.4, -0.2) is 18.2 Å². The lowest BCUT2D eigenvalue weighted by Gasteiger charge is -2.06. The van der Waals surface area contributed by atoms with Crippen LogP contribution in [-0.2, 0) is 4.84 Å². The Labute approximate surface area is 126 Å². The number of aryl methyl sites for hydroxylation is 1. The fourth-order valence-corrected chi connectivity index (χ4v) is 2.58. The molecule has 2 aromatic carbocycles. The molecule has 108 valence electrons. The molecule has 0 aliphatic carbocycles. The lowest BCUT2D eigenvalue weighted by molar-refractivity contribution is -0.384. The van der Waals surface area contributed by atoms with Gasteiger partial charge in [0.1, 0.15) is 7.11 Å². The van der Waals surface area contributed by atoms with E-state index in [1.807, 2.05) is 31.2 Å². The maximum atomic E-state index is 10.9. The van der Waals surface area contributed by atoms with Crippen molar-refractivity contribution in [3.8, 4) is 0 Å². The van der Waals surface area contributed by atoms with Gasteiger partial charge in [-0.3, -0.25) is 10.1 Å². The highest BCUT2D eigenvalue weighted by molar-refractivity contribution is 7.99. The Morgan fingerprint density at radius 1 is 1.24 bits per heavy atom. The van der Waals surface area contributed by atoms with Crippen LogP contribution >= 0.6 is 11.8 Å². The van der Waals surface area contributed by atoms with Gasteiger partial charge < -0.3 is 4.84 Å². The molecule has 0 radical (unpaired) electrons. The Morgan fingerprint density at radius 3 is 2.57 bits per heavy atom. The van der Waals surface area contributed by atoms with E-state index in [0.29, 0.717) is 5.56 Å². The smallest absolute Gasteiger partial charge is 0.270 e. The zero-order chi connectivity index (χ0) is 15.2. The van der Waals surface area contributed by atoms with Gasteiger partial charge in [-0.25, -0.2) is 0 Å². The third-order valence-corrected chi connectivity index (χ3v) is 3.85. The van der Waals surface area contributed by atoms with Crippen LogP contribution < -0.4 is 0 Å². The van der Waals surface area contributed by atoms with Crippen LogP contribution in [0, 0.1) is 17.0 Å². The minimum atomic E-state index is -0.426. The van der Waals surface area contributed by atoms with Crippen molar-refractivity contribution in [3.63, 3.8) is 0 Å². The van der Waals surface area contributed by atoms with Crippen molar-refractivity contribution in [2.75, 3.05) is 7.11 Å². The number of hydrogen-bond acceptors (Lipinski definition) is 5. The molecule has 5 nitrogen and oxygen atoms in total. The summed E-state index contributed by atoms with van der Waals surface area (Å²) >= 11 is 1.52. The van der Waals surface area contributed by atoms with E-state index in [4.69, 9.17) is 0 Å². The van der Waals surface area contributed by atoms with Crippen molar-refractivity contribution in [1.82, 2.24) is 0 Å². The molecule has 0 heterocycles. The number of nitrogens with zero attached hydrogens (tertiary/aromatic N) is 2. The molecule has 6 heteroatoms. The first-order valence-electron chi connectivity index (χ1n) is 6.19. The van der Waals surface area contributed by atoms with Gasteiger partial charge in [0.2, 0.25) is 0 Å². The average molecular weight is 302 g/mol. The third kappa shape index (κ3) is 4.06. The first-order chi connectivity index (χ1) is 10.1. The van der Waals surface area contributed by atoms with E-state index in [2.05, 4.69) is 9.99 Å². The fraction of sp³-hybridized carbons (Fsp3) is 0.133. The summed E-state index contributed by atoms with van der Waals surface area (Å²) in [7, 11) is 1.43. The van der Waals surface area contributed by atoms with Gasteiger partial charge in [-0.15, -0.1) is 0 Å². The van der Waals surface area contributed by atoms with E-state index < -0.39 is 4.92 Å².